The molecule has 0 spiro atoms. The van der Waals surface area contributed by atoms with Crippen LogP contribution in [0.3, 0.4) is 0 Å². The summed E-state index contributed by atoms with van der Waals surface area (Å²) >= 11 is 0. The lowest BCUT2D eigenvalue weighted by molar-refractivity contribution is -0.384. The van der Waals surface area contributed by atoms with Crippen molar-refractivity contribution < 1.29 is 22.8 Å². The lowest BCUT2D eigenvalue weighted by atomic mass is 9.81. The monoisotopic (exact) mass is 507 g/mol. The van der Waals surface area contributed by atoms with E-state index in [2.05, 4.69) is 25.3 Å². The predicted octanol–water partition coefficient (Wildman–Crippen LogP) is 5.81. The zero-order chi connectivity index (χ0) is 25.5. The van der Waals surface area contributed by atoms with Crippen LogP contribution in [0, 0.1) is 22.0 Å². The number of nitrogens with zero attached hydrogens (tertiary/aromatic N) is 3. The van der Waals surface area contributed by atoms with E-state index in [9.17, 15) is 23.3 Å². The Balaban J connectivity index is 1.33. The van der Waals surface area contributed by atoms with Gasteiger partial charge in [-0.1, -0.05) is 18.2 Å². The van der Waals surface area contributed by atoms with Crippen LogP contribution in [0.4, 0.5) is 30.4 Å². The maximum atomic E-state index is 12.7. The second kappa shape index (κ2) is 11.8. The molecule has 0 amide bonds. The van der Waals surface area contributed by atoms with Crippen LogP contribution in [-0.4, -0.2) is 47.3 Å². The Morgan fingerprint density at radius 3 is 2.47 bits per heavy atom. The van der Waals surface area contributed by atoms with Gasteiger partial charge in [-0.2, -0.15) is 0 Å². The third kappa shape index (κ3) is 7.46. The smallest absolute Gasteiger partial charge is 0.405 e. The van der Waals surface area contributed by atoms with Crippen LogP contribution in [0.15, 0.2) is 36.5 Å². The van der Waals surface area contributed by atoms with Gasteiger partial charge in [-0.3, -0.25) is 10.1 Å². The number of rotatable bonds is 10. The highest BCUT2D eigenvalue weighted by atomic mass is 19.4. The van der Waals surface area contributed by atoms with Gasteiger partial charge in [-0.25, -0.2) is 4.98 Å². The molecule has 1 saturated heterocycles. The van der Waals surface area contributed by atoms with Crippen molar-refractivity contribution in [2.45, 2.75) is 51.4 Å². The summed E-state index contributed by atoms with van der Waals surface area (Å²) in [6, 6.07) is 7.34. The van der Waals surface area contributed by atoms with Crippen molar-refractivity contribution in [2.75, 3.05) is 36.8 Å². The summed E-state index contributed by atoms with van der Waals surface area (Å²) in [6.45, 7) is 4.25. The average Bonchev–Trinajstić information content (AvgIpc) is 3.35. The Hall–Kier alpha value is -3.08. The molecule has 0 unspecified atom stereocenters. The molecular weight excluding hydrogens is 475 g/mol. The fraction of sp³-hybridized carbons (Fsp3) is 0.560. The SMILES string of the molecule is O=[N+]([O-])c1cnc(NCc2ccccc2OC(F)(F)F)cc1NC[C@H]1CC[C@H](CN2CCCC2)CC1. The summed E-state index contributed by atoms with van der Waals surface area (Å²) in [7, 11) is 0. The fourth-order valence-electron chi connectivity index (χ4n) is 5.09. The van der Waals surface area contributed by atoms with Crippen LogP contribution < -0.4 is 15.4 Å². The molecule has 2 fully saturated rings. The van der Waals surface area contributed by atoms with Crippen molar-refractivity contribution in [3.63, 3.8) is 0 Å². The molecule has 36 heavy (non-hydrogen) atoms. The largest absolute Gasteiger partial charge is 0.573 e. The Morgan fingerprint density at radius 1 is 1.08 bits per heavy atom. The minimum absolute atomic E-state index is 0.0114. The summed E-state index contributed by atoms with van der Waals surface area (Å²) in [5, 5.41) is 17.7. The number of ether oxygens (including phenoxy) is 1. The molecule has 196 valence electrons. The third-order valence-corrected chi connectivity index (χ3v) is 7.00. The van der Waals surface area contributed by atoms with Crippen molar-refractivity contribution in [1.82, 2.24) is 9.88 Å². The van der Waals surface area contributed by atoms with E-state index >= 15 is 0 Å². The van der Waals surface area contributed by atoms with E-state index in [1.165, 1.54) is 69.6 Å². The standard InChI is InChI=1S/C25H32F3N5O3/c26-25(27,28)36-23-6-2-1-5-20(23)15-30-24-13-21(22(16-31-24)33(34)35)29-14-18-7-9-19(10-8-18)17-32-11-3-4-12-32/h1-2,5-6,13,16,18-19H,3-4,7-12,14-15,17H2,(H2,29,30,31)/t18-,19-. The highest BCUT2D eigenvalue weighted by molar-refractivity contribution is 5.65. The van der Waals surface area contributed by atoms with Gasteiger partial charge in [0.2, 0.25) is 0 Å². The van der Waals surface area contributed by atoms with E-state index < -0.39 is 11.3 Å². The first-order chi connectivity index (χ1) is 17.3. The average molecular weight is 508 g/mol. The second-order valence-electron chi connectivity index (χ2n) is 9.63. The Morgan fingerprint density at radius 2 is 1.78 bits per heavy atom. The molecule has 8 nitrogen and oxygen atoms in total. The summed E-state index contributed by atoms with van der Waals surface area (Å²) in [6.07, 6.45) is 3.49. The number of nitrogens with one attached hydrogen (secondary N) is 2. The number of pyridine rings is 1. The number of nitro groups is 1. The minimum Gasteiger partial charge on any atom is -0.405 e. The molecule has 2 heterocycles. The lowest BCUT2D eigenvalue weighted by Gasteiger charge is -2.31. The molecule has 1 aromatic carbocycles. The van der Waals surface area contributed by atoms with Gasteiger partial charge in [0.15, 0.2) is 0 Å². The van der Waals surface area contributed by atoms with Crippen molar-refractivity contribution in [1.29, 1.82) is 0 Å². The third-order valence-electron chi connectivity index (χ3n) is 7.00. The first kappa shape index (κ1) is 26.0. The number of hydrogen-bond acceptors (Lipinski definition) is 7. The van der Waals surface area contributed by atoms with Crippen LogP contribution in [0.25, 0.3) is 0 Å². The van der Waals surface area contributed by atoms with Gasteiger partial charge in [0.05, 0.1) is 4.92 Å². The van der Waals surface area contributed by atoms with Gasteiger partial charge in [0.1, 0.15) is 23.5 Å². The number of likely N-dealkylation sites (tertiary alicyclic amines) is 1. The molecule has 2 N–H and O–H groups in total. The molecule has 2 aromatic rings. The molecule has 11 heteroatoms. The van der Waals surface area contributed by atoms with Gasteiger partial charge >= 0.3 is 12.0 Å². The molecule has 0 radical (unpaired) electrons. The quantitative estimate of drug-likeness (QED) is 0.309. The van der Waals surface area contributed by atoms with E-state index in [0.29, 0.717) is 24.0 Å². The molecule has 1 saturated carbocycles. The van der Waals surface area contributed by atoms with Crippen molar-refractivity contribution in [2.24, 2.45) is 11.8 Å². The van der Waals surface area contributed by atoms with E-state index in [1.807, 2.05) is 0 Å². The number of aromatic nitrogens is 1. The number of anilines is 2. The second-order valence-corrected chi connectivity index (χ2v) is 9.63. The predicted molar refractivity (Wildman–Crippen MR) is 131 cm³/mol. The van der Waals surface area contributed by atoms with Crippen LogP contribution in [0.5, 0.6) is 5.75 Å². The Labute approximate surface area is 208 Å². The first-order valence-electron chi connectivity index (χ1n) is 12.4. The summed E-state index contributed by atoms with van der Waals surface area (Å²) in [5.41, 5.74) is 0.496. The summed E-state index contributed by atoms with van der Waals surface area (Å²) in [5.74, 6) is 1.18. The van der Waals surface area contributed by atoms with E-state index in [-0.39, 0.29) is 23.5 Å². The first-order valence-corrected chi connectivity index (χ1v) is 12.4. The zero-order valence-electron chi connectivity index (χ0n) is 20.1. The van der Waals surface area contributed by atoms with Gasteiger partial charge < -0.3 is 20.3 Å². The highest BCUT2D eigenvalue weighted by Gasteiger charge is 2.32. The molecule has 1 aliphatic carbocycles. The number of para-hydroxylation sites is 1. The zero-order valence-corrected chi connectivity index (χ0v) is 20.1. The van der Waals surface area contributed by atoms with Gasteiger partial charge in [0.25, 0.3) is 0 Å². The lowest BCUT2D eigenvalue weighted by Crippen LogP contribution is -2.30. The Kier molecular flexibility index (Phi) is 8.50. The van der Waals surface area contributed by atoms with Crippen molar-refractivity contribution in [3.05, 3.63) is 52.2 Å². The molecule has 2 aliphatic rings. The summed E-state index contributed by atoms with van der Waals surface area (Å²) < 4.78 is 42.1. The Bertz CT molecular complexity index is 1020. The summed E-state index contributed by atoms with van der Waals surface area (Å²) in [4.78, 5) is 17.7. The maximum absolute atomic E-state index is 12.7. The molecule has 1 aliphatic heterocycles. The van der Waals surface area contributed by atoms with Crippen molar-refractivity contribution in [3.8, 4) is 5.75 Å². The molecule has 1 aromatic heterocycles. The van der Waals surface area contributed by atoms with Gasteiger partial charge in [-0.15, -0.1) is 13.2 Å². The van der Waals surface area contributed by atoms with Crippen LogP contribution in [-0.2, 0) is 6.54 Å². The molecule has 4 rings (SSSR count). The highest BCUT2D eigenvalue weighted by Crippen LogP contribution is 2.32. The normalized spacial score (nSPS) is 20.8. The number of halogens is 3. The van der Waals surface area contributed by atoms with Crippen LogP contribution >= 0.6 is 0 Å². The number of benzene rings is 1. The maximum Gasteiger partial charge on any atom is 0.573 e. The topological polar surface area (TPSA) is 92.6 Å². The van der Waals surface area contributed by atoms with E-state index in [0.717, 1.165) is 25.0 Å². The van der Waals surface area contributed by atoms with E-state index in [1.54, 1.807) is 6.07 Å². The molecule has 0 bridgehead atoms. The number of hydrogen-bond donors (Lipinski definition) is 2. The molecular formula is C25H32F3N5O3. The van der Waals surface area contributed by atoms with Crippen molar-refractivity contribution >= 4 is 17.2 Å². The molecule has 0 atom stereocenters. The van der Waals surface area contributed by atoms with E-state index in [4.69, 9.17) is 0 Å². The fourth-order valence-corrected chi connectivity index (χ4v) is 5.09. The minimum atomic E-state index is -4.80. The van der Waals surface area contributed by atoms with Gasteiger partial charge in [0, 0.05) is 31.3 Å². The van der Waals surface area contributed by atoms with Gasteiger partial charge in [-0.05, 0) is 69.5 Å². The number of alkyl halides is 3. The van der Waals surface area contributed by atoms with Crippen LogP contribution in [0.2, 0.25) is 0 Å². The van der Waals surface area contributed by atoms with Crippen LogP contribution in [0.1, 0.15) is 44.1 Å².